The van der Waals surface area contributed by atoms with Gasteiger partial charge in [-0.2, -0.15) is 13.2 Å². The summed E-state index contributed by atoms with van der Waals surface area (Å²) in [5.74, 6) is 0.962. The minimum atomic E-state index is -4.46. The van der Waals surface area contributed by atoms with Crippen molar-refractivity contribution in [3.63, 3.8) is 0 Å². The summed E-state index contributed by atoms with van der Waals surface area (Å²) in [6, 6.07) is 0.879. The van der Waals surface area contributed by atoms with E-state index >= 15 is 0 Å². The van der Waals surface area contributed by atoms with E-state index in [1.165, 1.54) is 6.33 Å². The molecule has 0 spiro atoms. The molecule has 23 heavy (non-hydrogen) atoms. The molecule has 1 aliphatic rings. The predicted molar refractivity (Wildman–Crippen MR) is 78.2 cm³/mol. The number of aromatic nitrogens is 4. The molecule has 0 unspecified atom stereocenters. The molecule has 0 atom stereocenters. The van der Waals surface area contributed by atoms with E-state index in [-0.39, 0.29) is 5.95 Å². The second kappa shape index (κ2) is 5.98. The molecule has 6 nitrogen and oxygen atoms in total. The van der Waals surface area contributed by atoms with Gasteiger partial charge in [0.05, 0.1) is 0 Å². The van der Waals surface area contributed by atoms with Gasteiger partial charge in [-0.15, -0.1) is 0 Å². The average Bonchev–Trinajstić information content (AvgIpc) is 2.55. The molecule has 3 heterocycles. The molecule has 0 radical (unpaired) electrons. The minimum Gasteiger partial charge on any atom is -0.353 e. The van der Waals surface area contributed by atoms with E-state index in [1.807, 2.05) is 6.92 Å². The van der Waals surface area contributed by atoms with E-state index in [4.69, 9.17) is 0 Å². The number of rotatable bonds is 2. The Bertz CT molecular complexity index is 682. The summed E-state index contributed by atoms with van der Waals surface area (Å²) >= 11 is 0. The van der Waals surface area contributed by atoms with Crippen molar-refractivity contribution in [3.05, 3.63) is 36.0 Å². The van der Waals surface area contributed by atoms with Crippen LogP contribution in [0.2, 0.25) is 0 Å². The van der Waals surface area contributed by atoms with Gasteiger partial charge in [0.1, 0.15) is 17.8 Å². The predicted octanol–water partition coefficient (Wildman–Crippen LogP) is 1.92. The first-order valence-corrected chi connectivity index (χ1v) is 7.12. The topological polar surface area (TPSA) is 58.0 Å². The summed E-state index contributed by atoms with van der Waals surface area (Å²) in [6.07, 6.45) is -0.0844. The summed E-state index contributed by atoms with van der Waals surface area (Å²) < 4.78 is 38.2. The highest BCUT2D eigenvalue weighted by Crippen LogP contribution is 2.28. The monoisotopic (exact) mass is 324 g/mol. The Morgan fingerprint density at radius 1 is 1.04 bits per heavy atom. The lowest BCUT2D eigenvalue weighted by atomic mass is 10.2. The quantitative estimate of drug-likeness (QED) is 0.841. The van der Waals surface area contributed by atoms with E-state index in [0.717, 1.165) is 23.6 Å². The number of nitrogens with zero attached hydrogens (tertiary/aromatic N) is 6. The largest absolute Gasteiger partial charge is 0.433 e. The molecule has 2 aromatic heterocycles. The van der Waals surface area contributed by atoms with Gasteiger partial charge < -0.3 is 9.80 Å². The van der Waals surface area contributed by atoms with Crippen LogP contribution in [0.1, 0.15) is 11.3 Å². The average molecular weight is 324 g/mol. The lowest BCUT2D eigenvalue weighted by molar-refractivity contribution is -0.141. The molecule has 0 N–H and O–H groups in total. The second-order valence-electron chi connectivity index (χ2n) is 5.24. The molecule has 2 aromatic rings. The molecule has 9 heteroatoms. The fraction of sp³-hybridized carbons (Fsp3) is 0.429. The fourth-order valence-electron chi connectivity index (χ4n) is 2.50. The van der Waals surface area contributed by atoms with Crippen LogP contribution in [0.25, 0.3) is 0 Å². The Balaban J connectivity index is 1.71. The number of aryl methyl sites for hydroxylation is 1. The zero-order valence-corrected chi connectivity index (χ0v) is 12.5. The summed E-state index contributed by atoms with van der Waals surface area (Å²) in [5, 5.41) is 0. The molecule has 0 amide bonds. The van der Waals surface area contributed by atoms with Crippen molar-refractivity contribution in [1.82, 2.24) is 19.9 Å². The van der Waals surface area contributed by atoms with Crippen LogP contribution >= 0.6 is 0 Å². The number of piperazine rings is 1. The normalized spacial score (nSPS) is 15.8. The minimum absolute atomic E-state index is 0.110. The van der Waals surface area contributed by atoms with E-state index in [0.29, 0.717) is 26.2 Å². The van der Waals surface area contributed by atoms with Gasteiger partial charge >= 0.3 is 6.18 Å². The maximum absolute atomic E-state index is 12.7. The molecule has 1 saturated heterocycles. The Hall–Kier alpha value is -2.45. The third kappa shape index (κ3) is 3.33. The van der Waals surface area contributed by atoms with Crippen LogP contribution in [-0.2, 0) is 6.18 Å². The summed E-state index contributed by atoms with van der Waals surface area (Å²) in [6.45, 7) is 4.27. The first-order valence-electron chi connectivity index (χ1n) is 7.12. The molecule has 0 aromatic carbocycles. The first kappa shape index (κ1) is 15.4. The third-order valence-corrected chi connectivity index (χ3v) is 3.66. The van der Waals surface area contributed by atoms with E-state index in [9.17, 15) is 13.2 Å². The maximum Gasteiger partial charge on any atom is 0.433 e. The lowest BCUT2D eigenvalue weighted by Crippen LogP contribution is -2.47. The highest BCUT2D eigenvalue weighted by molar-refractivity contribution is 5.47. The van der Waals surface area contributed by atoms with Crippen molar-refractivity contribution < 1.29 is 13.2 Å². The molecule has 122 valence electrons. The van der Waals surface area contributed by atoms with Crippen LogP contribution in [0.3, 0.4) is 0 Å². The zero-order valence-electron chi connectivity index (χ0n) is 12.5. The van der Waals surface area contributed by atoms with Crippen molar-refractivity contribution in [3.8, 4) is 0 Å². The van der Waals surface area contributed by atoms with Crippen molar-refractivity contribution in [2.75, 3.05) is 36.0 Å². The number of hydrogen-bond acceptors (Lipinski definition) is 6. The molecule has 0 bridgehead atoms. The van der Waals surface area contributed by atoms with Gasteiger partial charge in [-0.05, 0) is 13.0 Å². The van der Waals surface area contributed by atoms with Gasteiger partial charge in [0.25, 0.3) is 0 Å². The smallest absolute Gasteiger partial charge is 0.353 e. The number of halogens is 3. The zero-order chi connectivity index (χ0) is 16.4. The van der Waals surface area contributed by atoms with Crippen molar-refractivity contribution in [1.29, 1.82) is 0 Å². The van der Waals surface area contributed by atoms with Crippen LogP contribution < -0.4 is 9.80 Å². The Morgan fingerprint density at radius 2 is 1.74 bits per heavy atom. The Kier molecular flexibility index (Phi) is 4.01. The SMILES string of the molecule is Cc1cncnc1N1CCN(c2nccc(C(F)(F)F)n2)CC1. The summed E-state index contributed by atoms with van der Waals surface area (Å²) in [5.41, 5.74) is 0.0489. The van der Waals surface area contributed by atoms with Crippen LogP contribution in [0.4, 0.5) is 24.9 Å². The molecule has 3 rings (SSSR count). The van der Waals surface area contributed by atoms with E-state index in [2.05, 4.69) is 24.8 Å². The molecule has 0 saturated carbocycles. The Morgan fingerprint density at radius 3 is 2.39 bits per heavy atom. The molecule has 1 aliphatic heterocycles. The highest BCUT2D eigenvalue weighted by Gasteiger charge is 2.33. The van der Waals surface area contributed by atoms with Crippen LogP contribution in [0, 0.1) is 6.92 Å². The number of anilines is 2. The third-order valence-electron chi connectivity index (χ3n) is 3.66. The van der Waals surface area contributed by atoms with Gasteiger partial charge in [-0.3, -0.25) is 0 Å². The number of hydrogen-bond donors (Lipinski definition) is 0. The highest BCUT2D eigenvalue weighted by atomic mass is 19.4. The van der Waals surface area contributed by atoms with Gasteiger partial charge in [0.15, 0.2) is 0 Å². The Labute approximate surface area is 131 Å². The van der Waals surface area contributed by atoms with Gasteiger partial charge in [-0.1, -0.05) is 0 Å². The van der Waals surface area contributed by atoms with Crippen LogP contribution in [0.15, 0.2) is 24.8 Å². The summed E-state index contributed by atoms with van der Waals surface area (Å²) in [7, 11) is 0. The van der Waals surface area contributed by atoms with Gasteiger partial charge in [0.2, 0.25) is 5.95 Å². The second-order valence-corrected chi connectivity index (χ2v) is 5.24. The van der Waals surface area contributed by atoms with Crippen molar-refractivity contribution in [2.24, 2.45) is 0 Å². The van der Waals surface area contributed by atoms with Crippen LogP contribution in [-0.4, -0.2) is 46.1 Å². The fourth-order valence-corrected chi connectivity index (χ4v) is 2.50. The van der Waals surface area contributed by atoms with Gasteiger partial charge in [-0.25, -0.2) is 19.9 Å². The lowest BCUT2D eigenvalue weighted by Gasteiger charge is -2.35. The molecular formula is C14H15F3N6. The van der Waals surface area contributed by atoms with Gasteiger partial charge in [0, 0.05) is 44.1 Å². The molecular weight excluding hydrogens is 309 g/mol. The number of alkyl halides is 3. The molecule has 0 aliphatic carbocycles. The van der Waals surface area contributed by atoms with E-state index in [1.54, 1.807) is 11.1 Å². The standard InChI is InChI=1S/C14H15F3N6/c1-10-8-18-9-20-12(10)22-4-6-23(7-5-22)13-19-3-2-11(21-13)14(15,16)17/h2-3,8-9H,4-7H2,1H3. The maximum atomic E-state index is 12.7. The molecule has 1 fully saturated rings. The van der Waals surface area contributed by atoms with Crippen molar-refractivity contribution in [2.45, 2.75) is 13.1 Å². The van der Waals surface area contributed by atoms with Crippen molar-refractivity contribution >= 4 is 11.8 Å². The van der Waals surface area contributed by atoms with E-state index < -0.39 is 11.9 Å². The first-order chi connectivity index (χ1) is 10.9. The van der Waals surface area contributed by atoms with Crippen LogP contribution in [0.5, 0.6) is 0 Å². The summed E-state index contributed by atoms with van der Waals surface area (Å²) in [4.78, 5) is 19.7.